The number of aliphatic hydroxyl groups is 1. The molecule has 2 N–H and O–H groups in total. The highest BCUT2D eigenvalue weighted by Crippen LogP contribution is 2.01. The van der Waals surface area contributed by atoms with Gasteiger partial charge in [-0.3, -0.25) is 5.10 Å². The zero-order valence-corrected chi connectivity index (χ0v) is 9.01. The quantitative estimate of drug-likeness (QED) is 0.548. The molecular weight excluding hydrogens is 202 g/mol. The first kappa shape index (κ1) is 11.4. The fourth-order valence-electron chi connectivity index (χ4n) is 1.22. The van der Waals surface area contributed by atoms with E-state index in [9.17, 15) is 0 Å². The number of ether oxygens (including phenoxy) is 1. The van der Waals surface area contributed by atoms with Gasteiger partial charge >= 0.3 is 0 Å². The fourth-order valence-corrected chi connectivity index (χ4v) is 1.46. The Kier molecular flexibility index (Phi) is 4.78. The van der Waals surface area contributed by atoms with Gasteiger partial charge in [0.05, 0.1) is 0 Å². The Morgan fingerprint density at radius 3 is 3.00 bits per heavy atom. The van der Waals surface area contributed by atoms with Gasteiger partial charge in [0, 0.05) is 20.3 Å². The Morgan fingerprint density at radius 2 is 2.36 bits per heavy atom. The number of hydrogen-bond donors (Lipinski definition) is 2. The molecule has 1 rings (SSSR count). The van der Waals surface area contributed by atoms with Crippen LogP contribution in [0.5, 0.6) is 0 Å². The van der Waals surface area contributed by atoms with Gasteiger partial charge in [-0.05, 0) is 25.1 Å². The van der Waals surface area contributed by atoms with Crippen LogP contribution in [0.2, 0.25) is 0 Å². The van der Waals surface area contributed by atoms with Gasteiger partial charge < -0.3 is 14.4 Å². The normalized spacial score (nSPS) is 10.7. The smallest absolute Gasteiger partial charge is 0.195 e. The van der Waals surface area contributed by atoms with Crippen molar-refractivity contribution in [3.05, 3.63) is 10.6 Å². The standard InChI is InChI=1S/C8H15N3O2S/c1-13-5-3-2-4-11-7(6-12)9-10-8(11)14/h12H,2-6H2,1H3,(H,10,14). The molecule has 1 aromatic heterocycles. The summed E-state index contributed by atoms with van der Waals surface area (Å²) in [4.78, 5) is 0. The van der Waals surface area contributed by atoms with Crippen LogP contribution < -0.4 is 0 Å². The van der Waals surface area contributed by atoms with Crippen LogP contribution in [0, 0.1) is 4.77 Å². The molecule has 0 aliphatic carbocycles. The minimum absolute atomic E-state index is 0.0859. The molecule has 0 spiro atoms. The van der Waals surface area contributed by atoms with Crippen LogP contribution in [-0.2, 0) is 17.9 Å². The van der Waals surface area contributed by atoms with Crippen LogP contribution in [0.4, 0.5) is 0 Å². The fraction of sp³-hybridized carbons (Fsp3) is 0.750. The lowest BCUT2D eigenvalue weighted by molar-refractivity contribution is 0.190. The third-order valence-electron chi connectivity index (χ3n) is 1.96. The van der Waals surface area contributed by atoms with Crippen molar-refractivity contribution >= 4 is 12.2 Å². The first-order valence-corrected chi connectivity index (χ1v) is 4.94. The Hall–Kier alpha value is -0.720. The van der Waals surface area contributed by atoms with E-state index in [4.69, 9.17) is 22.1 Å². The highest BCUT2D eigenvalue weighted by atomic mass is 32.1. The van der Waals surface area contributed by atoms with Gasteiger partial charge in [-0.15, -0.1) is 0 Å². The molecule has 14 heavy (non-hydrogen) atoms. The van der Waals surface area contributed by atoms with Gasteiger partial charge in [0.1, 0.15) is 6.61 Å². The SMILES string of the molecule is COCCCCn1c(CO)n[nH]c1=S. The second kappa shape index (κ2) is 5.90. The van der Waals surface area contributed by atoms with Crippen LogP contribution in [-0.4, -0.2) is 33.6 Å². The number of methoxy groups -OCH3 is 1. The molecule has 1 aromatic rings. The Morgan fingerprint density at radius 1 is 1.57 bits per heavy atom. The Labute approximate surface area is 87.7 Å². The molecule has 1 heterocycles. The third kappa shape index (κ3) is 2.90. The predicted octanol–water partition coefficient (Wildman–Crippen LogP) is 0.860. The number of H-pyrrole nitrogens is 1. The van der Waals surface area contributed by atoms with E-state index in [0.29, 0.717) is 10.6 Å². The summed E-state index contributed by atoms with van der Waals surface area (Å²) in [5.74, 6) is 0.590. The summed E-state index contributed by atoms with van der Waals surface area (Å²) in [5, 5.41) is 15.5. The molecule has 80 valence electrons. The number of aromatic nitrogens is 3. The molecule has 0 fully saturated rings. The monoisotopic (exact) mass is 217 g/mol. The van der Waals surface area contributed by atoms with Crippen molar-refractivity contribution in [1.82, 2.24) is 14.8 Å². The second-order valence-electron chi connectivity index (χ2n) is 2.95. The topological polar surface area (TPSA) is 63.1 Å². The first-order valence-electron chi connectivity index (χ1n) is 4.53. The molecule has 0 amide bonds. The Balaban J connectivity index is 2.48. The average molecular weight is 217 g/mol. The van der Waals surface area contributed by atoms with Crippen LogP contribution in [0.3, 0.4) is 0 Å². The summed E-state index contributed by atoms with van der Waals surface area (Å²) >= 11 is 5.02. The molecule has 0 saturated carbocycles. The minimum Gasteiger partial charge on any atom is -0.388 e. The van der Waals surface area contributed by atoms with Crippen molar-refractivity contribution in [2.24, 2.45) is 0 Å². The van der Waals surface area contributed by atoms with Crippen molar-refractivity contribution in [3.8, 4) is 0 Å². The first-order chi connectivity index (χ1) is 6.79. The maximum Gasteiger partial charge on any atom is 0.195 e. The number of aliphatic hydroxyl groups excluding tert-OH is 1. The lowest BCUT2D eigenvalue weighted by Crippen LogP contribution is -2.05. The summed E-state index contributed by atoms with van der Waals surface area (Å²) in [6, 6.07) is 0. The molecule has 0 aliphatic rings. The molecule has 0 aliphatic heterocycles. The van der Waals surface area contributed by atoms with Crippen LogP contribution in [0.25, 0.3) is 0 Å². The number of nitrogens with one attached hydrogen (secondary N) is 1. The van der Waals surface area contributed by atoms with E-state index in [-0.39, 0.29) is 6.61 Å². The van der Waals surface area contributed by atoms with E-state index in [1.54, 1.807) is 7.11 Å². The molecular formula is C8H15N3O2S. The maximum atomic E-state index is 8.96. The number of hydrogen-bond acceptors (Lipinski definition) is 4. The summed E-state index contributed by atoms with van der Waals surface area (Å²) < 4.78 is 7.31. The number of rotatable bonds is 6. The summed E-state index contributed by atoms with van der Waals surface area (Å²) in [6.45, 7) is 1.44. The van der Waals surface area contributed by atoms with Gasteiger partial charge in [-0.2, -0.15) is 5.10 Å². The Bertz CT molecular complexity index is 321. The zero-order chi connectivity index (χ0) is 10.4. The lowest BCUT2D eigenvalue weighted by Gasteiger charge is -2.04. The second-order valence-corrected chi connectivity index (χ2v) is 3.34. The van der Waals surface area contributed by atoms with E-state index >= 15 is 0 Å². The van der Waals surface area contributed by atoms with Crippen molar-refractivity contribution in [2.45, 2.75) is 26.0 Å². The van der Waals surface area contributed by atoms with E-state index in [2.05, 4.69) is 10.2 Å². The zero-order valence-electron chi connectivity index (χ0n) is 8.19. The van der Waals surface area contributed by atoms with Gasteiger partial charge in [0.25, 0.3) is 0 Å². The maximum absolute atomic E-state index is 8.96. The number of aromatic amines is 1. The van der Waals surface area contributed by atoms with Crippen LogP contribution in [0.1, 0.15) is 18.7 Å². The van der Waals surface area contributed by atoms with Crippen LogP contribution in [0.15, 0.2) is 0 Å². The molecule has 0 saturated heterocycles. The van der Waals surface area contributed by atoms with E-state index in [0.717, 1.165) is 26.0 Å². The molecule has 0 radical (unpaired) electrons. The van der Waals surface area contributed by atoms with E-state index in [1.807, 2.05) is 4.57 Å². The molecule has 0 aromatic carbocycles. The van der Waals surface area contributed by atoms with Gasteiger partial charge in [0.15, 0.2) is 10.6 Å². The average Bonchev–Trinajstić information content (AvgIpc) is 2.55. The summed E-state index contributed by atoms with van der Waals surface area (Å²) in [6.07, 6.45) is 1.95. The number of nitrogens with zero attached hydrogens (tertiary/aromatic N) is 2. The van der Waals surface area contributed by atoms with Crippen molar-refractivity contribution in [3.63, 3.8) is 0 Å². The van der Waals surface area contributed by atoms with Gasteiger partial charge in [0.2, 0.25) is 0 Å². The molecule has 0 bridgehead atoms. The van der Waals surface area contributed by atoms with E-state index in [1.165, 1.54) is 0 Å². The summed E-state index contributed by atoms with van der Waals surface area (Å²) in [5.41, 5.74) is 0. The third-order valence-corrected chi connectivity index (χ3v) is 2.27. The lowest BCUT2D eigenvalue weighted by atomic mass is 10.3. The largest absolute Gasteiger partial charge is 0.388 e. The molecule has 5 nitrogen and oxygen atoms in total. The molecule has 6 heteroatoms. The van der Waals surface area contributed by atoms with Crippen molar-refractivity contribution in [1.29, 1.82) is 0 Å². The molecule has 0 unspecified atom stereocenters. The van der Waals surface area contributed by atoms with Crippen LogP contribution >= 0.6 is 12.2 Å². The summed E-state index contributed by atoms with van der Waals surface area (Å²) in [7, 11) is 1.68. The van der Waals surface area contributed by atoms with Gasteiger partial charge in [-0.25, -0.2) is 0 Å². The highest BCUT2D eigenvalue weighted by molar-refractivity contribution is 7.71. The molecule has 0 atom stereocenters. The predicted molar refractivity (Wildman–Crippen MR) is 54.4 cm³/mol. The highest BCUT2D eigenvalue weighted by Gasteiger charge is 2.03. The van der Waals surface area contributed by atoms with Crippen molar-refractivity contribution in [2.75, 3.05) is 13.7 Å². The number of unbranched alkanes of at least 4 members (excludes halogenated alkanes) is 1. The van der Waals surface area contributed by atoms with Crippen molar-refractivity contribution < 1.29 is 9.84 Å². The minimum atomic E-state index is -0.0859. The van der Waals surface area contributed by atoms with E-state index < -0.39 is 0 Å². The van der Waals surface area contributed by atoms with Gasteiger partial charge in [-0.1, -0.05) is 0 Å².